The van der Waals surface area contributed by atoms with Crippen LogP contribution in [-0.4, -0.2) is 18.0 Å². The molecule has 0 aliphatic carbocycles. The van der Waals surface area contributed by atoms with Crippen LogP contribution in [0.1, 0.15) is 10.4 Å². The third kappa shape index (κ3) is 2.45. The smallest absolute Gasteiger partial charge is 0.344 e. The van der Waals surface area contributed by atoms with Gasteiger partial charge in [-0.2, -0.15) is 0 Å². The standard InChI is InChI=1S/C8H5BrClNO4/c1-15-8(12)4-2-6(10)5(9)3-7(4)11(13)14/h2-3H,1H3. The first-order valence-corrected chi connectivity index (χ1v) is 4.86. The highest BCUT2D eigenvalue weighted by atomic mass is 79.9. The van der Waals surface area contributed by atoms with Crippen molar-refractivity contribution in [2.45, 2.75) is 0 Å². The Bertz CT molecular complexity index is 435. The number of hydrogen-bond acceptors (Lipinski definition) is 4. The molecule has 0 atom stereocenters. The summed E-state index contributed by atoms with van der Waals surface area (Å²) >= 11 is 8.75. The molecule has 0 fully saturated rings. The van der Waals surface area contributed by atoms with Gasteiger partial charge >= 0.3 is 5.97 Å². The van der Waals surface area contributed by atoms with Gasteiger partial charge < -0.3 is 4.74 Å². The van der Waals surface area contributed by atoms with Crippen molar-refractivity contribution in [1.82, 2.24) is 0 Å². The minimum atomic E-state index is -0.795. The molecule has 80 valence electrons. The van der Waals surface area contributed by atoms with E-state index in [4.69, 9.17) is 11.6 Å². The fourth-order valence-corrected chi connectivity index (χ4v) is 1.46. The number of nitro groups is 1. The van der Waals surface area contributed by atoms with Crippen molar-refractivity contribution in [2.24, 2.45) is 0 Å². The summed E-state index contributed by atoms with van der Waals surface area (Å²) in [6.45, 7) is 0. The lowest BCUT2D eigenvalue weighted by Gasteiger charge is -2.02. The summed E-state index contributed by atoms with van der Waals surface area (Å²) < 4.78 is 4.76. The average molecular weight is 294 g/mol. The third-order valence-electron chi connectivity index (χ3n) is 1.64. The van der Waals surface area contributed by atoms with Gasteiger partial charge in [0.15, 0.2) is 0 Å². The Balaban J connectivity index is 3.41. The second kappa shape index (κ2) is 4.59. The molecule has 0 amide bonds. The number of benzene rings is 1. The third-order valence-corrected chi connectivity index (χ3v) is 2.84. The molecular formula is C8H5BrClNO4. The van der Waals surface area contributed by atoms with E-state index in [2.05, 4.69) is 20.7 Å². The highest BCUT2D eigenvalue weighted by Gasteiger charge is 2.22. The number of halogens is 2. The van der Waals surface area contributed by atoms with Crippen molar-refractivity contribution in [3.05, 3.63) is 37.3 Å². The van der Waals surface area contributed by atoms with Crippen molar-refractivity contribution >= 4 is 39.2 Å². The summed E-state index contributed by atoms with van der Waals surface area (Å²) in [4.78, 5) is 21.2. The van der Waals surface area contributed by atoms with Crippen LogP contribution in [0.2, 0.25) is 5.02 Å². The Morgan fingerprint density at radius 1 is 1.60 bits per heavy atom. The van der Waals surface area contributed by atoms with Crippen LogP contribution in [0, 0.1) is 10.1 Å². The topological polar surface area (TPSA) is 69.4 Å². The second-order valence-corrected chi connectivity index (χ2v) is 3.79. The van der Waals surface area contributed by atoms with E-state index in [0.29, 0.717) is 4.47 Å². The first-order chi connectivity index (χ1) is 6.97. The fourth-order valence-electron chi connectivity index (χ4n) is 0.961. The Kier molecular flexibility index (Phi) is 3.65. The highest BCUT2D eigenvalue weighted by molar-refractivity contribution is 9.10. The number of ether oxygens (including phenoxy) is 1. The molecular weight excluding hydrogens is 289 g/mol. The van der Waals surface area contributed by atoms with E-state index in [1.807, 2.05) is 0 Å². The number of methoxy groups -OCH3 is 1. The Morgan fingerprint density at radius 3 is 2.67 bits per heavy atom. The molecule has 0 spiro atoms. The molecule has 0 aromatic heterocycles. The van der Waals surface area contributed by atoms with Crippen LogP contribution in [0.5, 0.6) is 0 Å². The summed E-state index contributed by atoms with van der Waals surface area (Å²) in [5, 5.41) is 10.8. The number of nitrogens with zero attached hydrogens (tertiary/aromatic N) is 1. The molecule has 1 aromatic carbocycles. The van der Waals surface area contributed by atoms with E-state index in [-0.39, 0.29) is 16.3 Å². The predicted molar refractivity (Wildman–Crippen MR) is 57.1 cm³/mol. The van der Waals surface area contributed by atoms with Crippen LogP contribution < -0.4 is 0 Å². The summed E-state index contributed by atoms with van der Waals surface area (Å²) in [6, 6.07) is 2.35. The molecule has 1 rings (SSSR count). The first-order valence-electron chi connectivity index (χ1n) is 3.69. The van der Waals surface area contributed by atoms with Crippen LogP contribution >= 0.6 is 27.5 Å². The molecule has 5 nitrogen and oxygen atoms in total. The maximum Gasteiger partial charge on any atom is 0.344 e. The van der Waals surface area contributed by atoms with Crippen molar-refractivity contribution in [3.63, 3.8) is 0 Å². The molecule has 0 heterocycles. The van der Waals surface area contributed by atoms with E-state index in [0.717, 1.165) is 13.2 Å². The average Bonchev–Trinajstić information content (AvgIpc) is 2.20. The van der Waals surface area contributed by atoms with Crippen LogP contribution in [-0.2, 0) is 4.74 Å². The van der Waals surface area contributed by atoms with Gasteiger partial charge in [-0.3, -0.25) is 10.1 Å². The lowest BCUT2D eigenvalue weighted by Crippen LogP contribution is -2.05. The minimum Gasteiger partial charge on any atom is -0.465 e. The van der Waals surface area contributed by atoms with Crippen LogP contribution in [0.3, 0.4) is 0 Å². The summed E-state index contributed by atoms with van der Waals surface area (Å²) in [5.74, 6) is -0.795. The predicted octanol–water partition coefficient (Wildman–Crippen LogP) is 2.80. The zero-order valence-electron chi connectivity index (χ0n) is 7.49. The van der Waals surface area contributed by atoms with Gasteiger partial charge in [-0.15, -0.1) is 0 Å². The minimum absolute atomic E-state index is 0.171. The van der Waals surface area contributed by atoms with Crippen LogP contribution in [0.4, 0.5) is 5.69 Å². The molecule has 7 heteroatoms. The molecule has 0 bridgehead atoms. The van der Waals surface area contributed by atoms with E-state index < -0.39 is 10.9 Å². The van der Waals surface area contributed by atoms with Gasteiger partial charge in [0.25, 0.3) is 5.69 Å². The zero-order valence-corrected chi connectivity index (χ0v) is 9.83. The Morgan fingerprint density at radius 2 is 2.20 bits per heavy atom. The van der Waals surface area contributed by atoms with E-state index in [1.54, 1.807) is 0 Å². The number of carbonyl (C=O) groups is 1. The zero-order chi connectivity index (χ0) is 11.6. The molecule has 0 unspecified atom stereocenters. The molecule has 0 aliphatic heterocycles. The van der Waals surface area contributed by atoms with E-state index in [1.165, 1.54) is 6.07 Å². The first kappa shape index (κ1) is 11.9. The van der Waals surface area contributed by atoms with Gasteiger partial charge in [0.2, 0.25) is 0 Å². The molecule has 0 N–H and O–H groups in total. The van der Waals surface area contributed by atoms with Crippen molar-refractivity contribution in [3.8, 4) is 0 Å². The lowest BCUT2D eigenvalue weighted by molar-refractivity contribution is -0.385. The van der Waals surface area contributed by atoms with Gasteiger partial charge in [-0.25, -0.2) is 4.79 Å². The quantitative estimate of drug-likeness (QED) is 0.478. The Hall–Kier alpha value is -1.14. The number of hydrogen-bond donors (Lipinski definition) is 0. The molecule has 15 heavy (non-hydrogen) atoms. The maximum atomic E-state index is 11.2. The number of carbonyl (C=O) groups excluding carboxylic acids is 1. The van der Waals surface area contributed by atoms with Crippen LogP contribution in [0.15, 0.2) is 16.6 Å². The van der Waals surface area contributed by atoms with Gasteiger partial charge in [0.05, 0.1) is 17.1 Å². The number of rotatable bonds is 2. The molecule has 1 aromatic rings. The number of esters is 1. The molecule has 0 aliphatic rings. The van der Waals surface area contributed by atoms with Crippen molar-refractivity contribution < 1.29 is 14.5 Å². The van der Waals surface area contributed by atoms with E-state index >= 15 is 0 Å². The normalized spacial score (nSPS) is 9.80. The monoisotopic (exact) mass is 293 g/mol. The van der Waals surface area contributed by atoms with Crippen molar-refractivity contribution in [2.75, 3.05) is 7.11 Å². The number of nitro benzene ring substituents is 1. The summed E-state index contributed by atoms with van der Waals surface area (Å²) in [7, 11) is 1.14. The van der Waals surface area contributed by atoms with Gasteiger partial charge in [0, 0.05) is 10.5 Å². The molecule has 0 saturated heterocycles. The van der Waals surface area contributed by atoms with E-state index in [9.17, 15) is 14.9 Å². The Labute approximate surface area is 98.3 Å². The van der Waals surface area contributed by atoms with Gasteiger partial charge in [-0.05, 0) is 22.0 Å². The van der Waals surface area contributed by atoms with Crippen molar-refractivity contribution in [1.29, 1.82) is 0 Å². The maximum absolute atomic E-state index is 11.2. The molecule has 0 radical (unpaired) electrons. The second-order valence-electron chi connectivity index (χ2n) is 2.53. The van der Waals surface area contributed by atoms with Gasteiger partial charge in [0.1, 0.15) is 5.56 Å². The molecule has 0 saturated carbocycles. The fraction of sp³-hybridized carbons (Fsp3) is 0.125. The highest BCUT2D eigenvalue weighted by Crippen LogP contribution is 2.30. The summed E-state index contributed by atoms with van der Waals surface area (Å²) in [5.41, 5.74) is -0.520. The largest absolute Gasteiger partial charge is 0.465 e. The van der Waals surface area contributed by atoms with Crippen LogP contribution in [0.25, 0.3) is 0 Å². The summed E-state index contributed by atoms with van der Waals surface area (Å²) in [6.07, 6.45) is 0. The van der Waals surface area contributed by atoms with Gasteiger partial charge in [-0.1, -0.05) is 11.6 Å². The lowest BCUT2D eigenvalue weighted by atomic mass is 10.2. The SMILES string of the molecule is COC(=O)c1cc(Cl)c(Br)cc1[N+](=O)[O-].